The molecule has 0 bridgehead atoms. The van der Waals surface area contributed by atoms with E-state index < -0.39 is 0 Å². The van der Waals surface area contributed by atoms with Gasteiger partial charge in [0.25, 0.3) is 0 Å². The molecule has 0 atom stereocenters. The first-order chi connectivity index (χ1) is 14.0. The van der Waals surface area contributed by atoms with Crippen LogP contribution in [0.5, 0.6) is 0 Å². The van der Waals surface area contributed by atoms with E-state index in [0.29, 0.717) is 12.1 Å². The number of Topliss-reactive ketones (excluding diaryl/α,β-unsaturated/α-hetero) is 1. The monoisotopic (exact) mass is 387 g/mol. The van der Waals surface area contributed by atoms with Gasteiger partial charge in [-0.25, -0.2) is 0 Å². The Morgan fingerprint density at radius 2 is 2.00 bits per heavy atom. The van der Waals surface area contributed by atoms with Crippen LogP contribution in [-0.4, -0.2) is 35.6 Å². The number of allylic oxidation sites excluding steroid dienone is 1. The third kappa shape index (κ3) is 4.08. The molecule has 2 aromatic carbocycles. The van der Waals surface area contributed by atoms with E-state index in [1.54, 1.807) is 6.08 Å². The van der Waals surface area contributed by atoms with E-state index in [-0.39, 0.29) is 18.0 Å². The summed E-state index contributed by atoms with van der Waals surface area (Å²) >= 11 is 0. The van der Waals surface area contributed by atoms with Crippen LogP contribution in [0.15, 0.2) is 48.0 Å². The van der Waals surface area contributed by atoms with E-state index in [1.165, 1.54) is 0 Å². The minimum Gasteiger partial charge on any atom is -0.395 e. The van der Waals surface area contributed by atoms with Gasteiger partial charge >= 0.3 is 0 Å². The van der Waals surface area contributed by atoms with Crippen molar-refractivity contribution in [2.45, 2.75) is 20.8 Å². The first-order valence-corrected chi connectivity index (χ1v) is 9.70. The lowest BCUT2D eigenvalue weighted by atomic mass is 9.97. The van der Waals surface area contributed by atoms with Crippen molar-refractivity contribution in [2.75, 3.05) is 24.6 Å². The number of rotatable bonds is 7. The molecule has 0 spiro atoms. The predicted octanol–water partition coefficient (Wildman–Crippen LogP) is 4.39. The molecule has 2 N–H and O–H groups in total. The number of aliphatic hydroxyl groups is 1. The highest BCUT2D eigenvalue weighted by molar-refractivity contribution is 6.20. The Morgan fingerprint density at radius 3 is 2.66 bits per heavy atom. The quantitative estimate of drug-likeness (QED) is 0.358. The lowest BCUT2D eigenvalue weighted by molar-refractivity contribution is 0.104. The molecule has 0 fully saturated rings. The summed E-state index contributed by atoms with van der Waals surface area (Å²) in [7, 11) is 0. The highest BCUT2D eigenvalue weighted by atomic mass is 16.3. The van der Waals surface area contributed by atoms with Crippen molar-refractivity contribution in [2.24, 2.45) is 0 Å². The summed E-state index contributed by atoms with van der Waals surface area (Å²) in [6, 6.07) is 15.6. The maximum atomic E-state index is 13.1. The summed E-state index contributed by atoms with van der Waals surface area (Å²) < 4.78 is 0. The van der Waals surface area contributed by atoms with E-state index in [4.69, 9.17) is 0 Å². The zero-order valence-electron chi connectivity index (χ0n) is 17.0. The predicted molar refractivity (Wildman–Crippen MR) is 117 cm³/mol. The van der Waals surface area contributed by atoms with Crippen LogP contribution in [0.4, 0.5) is 5.69 Å². The molecule has 1 aromatic heterocycles. The van der Waals surface area contributed by atoms with Crippen LogP contribution in [0.3, 0.4) is 0 Å². The number of aryl methyl sites for hydroxylation is 2. The minimum absolute atomic E-state index is 0.0889. The van der Waals surface area contributed by atoms with Crippen LogP contribution in [0, 0.1) is 25.2 Å². The van der Waals surface area contributed by atoms with Crippen molar-refractivity contribution in [1.82, 2.24) is 4.98 Å². The number of fused-ring (bicyclic) bond motifs is 1. The van der Waals surface area contributed by atoms with E-state index in [0.717, 1.165) is 40.0 Å². The van der Waals surface area contributed by atoms with Gasteiger partial charge in [-0.2, -0.15) is 5.26 Å². The standard InChI is InChI=1S/C24H25N3O2/c1-4-27(11-12-28)20-10-9-18(16(2)13-20)14-19(15-25)24(29)23-17(3)26-22-8-6-5-7-21(22)23/h5-10,13-14,26,28H,4,11-12H2,1-3H3/b19-14+. The molecule has 1 heterocycles. The number of aromatic amines is 1. The number of para-hydroxylation sites is 1. The van der Waals surface area contributed by atoms with Crippen LogP contribution in [0.2, 0.25) is 0 Å². The fraction of sp³-hybridized carbons (Fsp3) is 0.250. The lowest BCUT2D eigenvalue weighted by Crippen LogP contribution is -2.26. The number of anilines is 1. The number of hydrogen-bond acceptors (Lipinski definition) is 4. The van der Waals surface area contributed by atoms with Gasteiger partial charge in [0, 0.05) is 35.4 Å². The van der Waals surface area contributed by atoms with Gasteiger partial charge in [-0.1, -0.05) is 24.3 Å². The topological polar surface area (TPSA) is 80.1 Å². The number of aliphatic hydroxyl groups excluding tert-OH is 1. The second kappa shape index (κ2) is 8.76. The minimum atomic E-state index is -0.276. The second-order valence-corrected chi connectivity index (χ2v) is 7.01. The molecular weight excluding hydrogens is 362 g/mol. The van der Waals surface area contributed by atoms with Gasteiger partial charge in [0.1, 0.15) is 11.6 Å². The first kappa shape index (κ1) is 20.4. The van der Waals surface area contributed by atoms with Crippen LogP contribution < -0.4 is 4.90 Å². The zero-order chi connectivity index (χ0) is 21.0. The summed E-state index contributed by atoms with van der Waals surface area (Å²) in [6.45, 7) is 7.28. The van der Waals surface area contributed by atoms with Gasteiger partial charge in [0.15, 0.2) is 0 Å². The number of nitriles is 1. The molecular formula is C24H25N3O2. The molecule has 0 saturated carbocycles. The Kier molecular flexibility index (Phi) is 6.16. The number of hydrogen-bond donors (Lipinski definition) is 2. The van der Waals surface area contributed by atoms with Crippen molar-refractivity contribution in [3.8, 4) is 6.07 Å². The average Bonchev–Trinajstić information content (AvgIpc) is 3.06. The van der Waals surface area contributed by atoms with E-state index in [2.05, 4.69) is 16.0 Å². The Morgan fingerprint density at radius 1 is 1.24 bits per heavy atom. The van der Waals surface area contributed by atoms with Crippen LogP contribution in [-0.2, 0) is 0 Å². The Balaban J connectivity index is 1.99. The Bertz CT molecular complexity index is 1120. The number of nitrogens with zero attached hydrogens (tertiary/aromatic N) is 2. The summed E-state index contributed by atoms with van der Waals surface area (Å²) in [5.74, 6) is -0.276. The van der Waals surface area contributed by atoms with E-state index in [9.17, 15) is 15.2 Å². The van der Waals surface area contributed by atoms with Crippen LogP contribution in [0.1, 0.15) is 34.1 Å². The number of carbonyl (C=O) groups is 1. The normalized spacial score (nSPS) is 11.5. The number of H-pyrrole nitrogens is 1. The SMILES string of the molecule is CCN(CCO)c1ccc(/C=C(\C#N)C(=O)c2c(C)[nH]c3ccccc23)c(C)c1. The summed E-state index contributed by atoms with van der Waals surface area (Å²) in [5.41, 5.74) is 5.10. The van der Waals surface area contributed by atoms with Crippen molar-refractivity contribution in [1.29, 1.82) is 5.26 Å². The number of nitrogens with one attached hydrogen (secondary N) is 1. The van der Waals surface area contributed by atoms with E-state index in [1.807, 2.05) is 63.2 Å². The zero-order valence-corrected chi connectivity index (χ0v) is 17.0. The number of ketones is 1. The largest absolute Gasteiger partial charge is 0.395 e. The average molecular weight is 387 g/mol. The van der Waals surface area contributed by atoms with Gasteiger partial charge in [0.05, 0.1) is 12.2 Å². The van der Waals surface area contributed by atoms with Crippen LogP contribution in [0.25, 0.3) is 17.0 Å². The maximum absolute atomic E-state index is 13.1. The number of benzene rings is 2. The van der Waals surface area contributed by atoms with Crippen LogP contribution >= 0.6 is 0 Å². The highest BCUT2D eigenvalue weighted by Gasteiger charge is 2.20. The van der Waals surface area contributed by atoms with Crippen molar-refractivity contribution >= 4 is 28.4 Å². The number of aromatic nitrogens is 1. The summed E-state index contributed by atoms with van der Waals surface area (Å²) in [4.78, 5) is 18.4. The molecule has 0 aliphatic carbocycles. The highest BCUT2D eigenvalue weighted by Crippen LogP contribution is 2.26. The van der Waals surface area contributed by atoms with Gasteiger partial charge in [0.2, 0.25) is 5.78 Å². The molecule has 3 rings (SSSR count). The van der Waals surface area contributed by atoms with Gasteiger partial charge < -0.3 is 15.0 Å². The van der Waals surface area contributed by atoms with Crippen molar-refractivity contribution < 1.29 is 9.90 Å². The first-order valence-electron chi connectivity index (χ1n) is 9.70. The molecule has 148 valence electrons. The van der Waals surface area contributed by atoms with Crippen molar-refractivity contribution in [3.63, 3.8) is 0 Å². The molecule has 29 heavy (non-hydrogen) atoms. The molecule has 3 aromatic rings. The fourth-order valence-corrected chi connectivity index (χ4v) is 3.62. The molecule has 0 amide bonds. The molecule has 0 saturated heterocycles. The second-order valence-electron chi connectivity index (χ2n) is 7.01. The third-order valence-electron chi connectivity index (χ3n) is 5.16. The Labute approximate surface area is 170 Å². The molecule has 0 unspecified atom stereocenters. The number of likely N-dealkylation sites (N-methyl/N-ethyl adjacent to an activating group) is 1. The van der Waals surface area contributed by atoms with E-state index >= 15 is 0 Å². The van der Waals surface area contributed by atoms with Gasteiger partial charge in [-0.05, 0) is 56.2 Å². The smallest absolute Gasteiger partial charge is 0.205 e. The lowest BCUT2D eigenvalue weighted by Gasteiger charge is -2.22. The summed E-state index contributed by atoms with van der Waals surface area (Å²) in [6.07, 6.45) is 1.66. The third-order valence-corrected chi connectivity index (χ3v) is 5.16. The number of carbonyl (C=O) groups excluding carboxylic acids is 1. The maximum Gasteiger partial charge on any atom is 0.205 e. The molecule has 5 heteroatoms. The molecule has 0 aliphatic rings. The van der Waals surface area contributed by atoms with Crippen molar-refractivity contribution in [3.05, 3.63) is 70.4 Å². The Hall–Kier alpha value is -3.36. The summed E-state index contributed by atoms with van der Waals surface area (Å²) in [5, 5.41) is 19.7. The molecule has 5 nitrogen and oxygen atoms in total. The fourth-order valence-electron chi connectivity index (χ4n) is 3.62. The van der Waals surface area contributed by atoms with Gasteiger partial charge in [-0.15, -0.1) is 0 Å². The van der Waals surface area contributed by atoms with Gasteiger partial charge in [-0.3, -0.25) is 4.79 Å². The molecule has 0 aliphatic heterocycles. The molecule has 0 radical (unpaired) electrons.